The van der Waals surface area contributed by atoms with E-state index in [1.165, 1.54) is 6.42 Å². The second-order valence-electron chi connectivity index (χ2n) is 13.9. The number of hydrogen-bond acceptors (Lipinski definition) is 7. The smallest absolute Gasteiger partial charge is 0.308 e. The van der Waals surface area contributed by atoms with Crippen LogP contribution in [0.1, 0.15) is 100 Å². The lowest BCUT2D eigenvalue weighted by atomic mass is 9.46. The molecular weight excluding hydrogens is 520 g/mol. The van der Waals surface area contributed by atoms with Crippen molar-refractivity contribution in [3.05, 3.63) is 23.8 Å². The first kappa shape index (κ1) is 32.1. The number of esters is 1. The first-order valence-electron chi connectivity index (χ1n) is 15.2. The molecule has 7 heteroatoms. The number of Topliss-reactive ketones (excluding diaryl/α,β-unsaturated/α-hetero) is 1. The molecule has 0 aromatic carbocycles. The van der Waals surface area contributed by atoms with Gasteiger partial charge in [-0.1, -0.05) is 73.5 Å². The van der Waals surface area contributed by atoms with Crippen LogP contribution < -0.4 is 0 Å². The van der Waals surface area contributed by atoms with Crippen molar-refractivity contribution in [1.29, 1.82) is 0 Å². The highest BCUT2D eigenvalue weighted by atomic mass is 16.7. The lowest BCUT2D eigenvalue weighted by molar-refractivity contribution is -0.210. The highest BCUT2D eigenvalue weighted by Gasteiger charge is 2.76. The molecule has 5 fully saturated rings. The number of carbonyl (C=O) groups excluding carboxylic acids is 3. The van der Waals surface area contributed by atoms with Crippen LogP contribution in [0.5, 0.6) is 0 Å². The van der Waals surface area contributed by atoms with Crippen LogP contribution in [0.2, 0.25) is 0 Å². The minimum Gasteiger partial charge on any atom is -0.457 e. The summed E-state index contributed by atoms with van der Waals surface area (Å²) >= 11 is 0. The van der Waals surface area contributed by atoms with Gasteiger partial charge in [0.2, 0.25) is 5.78 Å². The van der Waals surface area contributed by atoms with Gasteiger partial charge >= 0.3 is 5.97 Å². The quantitative estimate of drug-likeness (QED) is 0.405. The van der Waals surface area contributed by atoms with E-state index in [-0.39, 0.29) is 68.0 Å². The van der Waals surface area contributed by atoms with Crippen LogP contribution in [0.3, 0.4) is 0 Å². The number of rotatable bonds is 5. The molecule has 7 nitrogen and oxygen atoms in total. The summed E-state index contributed by atoms with van der Waals surface area (Å²) < 4.78 is 19.0. The van der Waals surface area contributed by atoms with E-state index >= 15 is 0 Å². The monoisotopic (exact) mass is 572 g/mol. The third kappa shape index (κ3) is 4.69. The largest absolute Gasteiger partial charge is 0.457 e. The fourth-order valence-electron chi connectivity index (χ4n) is 9.62. The zero-order chi connectivity index (χ0) is 27.7. The number of ketones is 2. The average Bonchev–Trinajstić information content (AvgIpc) is 3.41. The Morgan fingerprint density at radius 2 is 1.83 bits per heavy atom. The molecule has 1 N–H and O–H groups in total. The Morgan fingerprint density at radius 1 is 1.12 bits per heavy atom. The molecule has 0 spiro atoms. The van der Waals surface area contributed by atoms with Gasteiger partial charge in [-0.3, -0.25) is 14.4 Å². The highest BCUT2D eigenvalue weighted by molar-refractivity contribution is 6.01. The predicted octanol–water partition coefficient (Wildman–Crippen LogP) is 5.98. The van der Waals surface area contributed by atoms with Gasteiger partial charge in [-0.15, -0.1) is 0 Å². The summed E-state index contributed by atoms with van der Waals surface area (Å²) in [7, 11) is 0. The first-order valence-corrected chi connectivity index (χ1v) is 15.2. The first-order chi connectivity index (χ1) is 18.5. The number of allylic oxidation sites excluding steroid dienone is 4. The maximum absolute atomic E-state index is 14.2. The van der Waals surface area contributed by atoms with Crippen LogP contribution in [0.25, 0.3) is 0 Å². The minimum absolute atomic E-state index is 0. The summed E-state index contributed by atoms with van der Waals surface area (Å²) in [6.45, 7) is 7.44. The fraction of sp³-hybridized carbons (Fsp3) is 0.794. The Kier molecular flexibility index (Phi) is 8.88. The zero-order valence-electron chi connectivity index (χ0n) is 23.8. The van der Waals surface area contributed by atoms with Gasteiger partial charge < -0.3 is 19.3 Å². The van der Waals surface area contributed by atoms with Crippen molar-refractivity contribution in [1.82, 2.24) is 0 Å². The molecule has 6 rings (SSSR count). The summed E-state index contributed by atoms with van der Waals surface area (Å²) in [4.78, 5) is 38.7. The molecule has 6 aliphatic rings. The van der Waals surface area contributed by atoms with Crippen LogP contribution in [-0.4, -0.2) is 53.3 Å². The van der Waals surface area contributed by atoms with Crippen molar-refractivity contribution in [2.45, 2.75) is 124 Å². The van der Waals surface area contributed by atoms with Crippen molar-refractivity contribution in [2.75, 3.05) is 6.61 Å². The number of fused-ring (bicyclic) bond motifs is 7. The summed E-state index contributed by atoms with van der Waals surface area (Å²) in [5, 5.41) is 11.9. The van der Waals surface area contributed by atoms with Gasteiger partial charge in [0.15, 0.2) is 24.3 Å². The Morgan fingerprint density at radius 3 is 2.51 bits per heavy atom. The van der Waals surface area contributed by atoms with E-state index in [0.29, 0.717) is 12.8 Å². The van der Waals surface area contributed by atoms with Gasteiger partial charge in [-0.2, -0.15) is 0 Å². The number of aliphatic hydroxyl groups excluding tert-OH is 1. The zero-order valence-corrected chi connectivity index (χ0v) is 23.8. The molecule has 5 aliphatic carbocycles. The van der Waals surface area contributed by atoms with Crippen LogP contribution in [0.4, 0.5) is 0 Å². The lowest BCUT2D eigenvalue weighted by Crippen LogP contribution is -2.63. The molecule has 1 saturated heterocycles. The Labute approximate surface area is 246 Å². The van der Waals surface area contributed by atoms with Crippen molar-refractivity contribution >= 4 is 17.5 Å². The predicted molar refractivity (Wildman–Crippen MR) is 157 cm³/mol. The number of carbonyl (C=O) groups is 3. The van der Waals surface area contributed by atoms with E-state index in [1.54, 1.807) is 26.0 Å². The third-order valence-electron chi connectivity index (χ3n) is 11.5. The number of hydrogen-bond donors (Lipinski definition) is 1. The van der Waals surface area contributed by atoms with Crippen molar-refractivity contribution in [3.8, 4) is 0 Å². The number of ether oxygens (including phenoxy) is 3. The van der Waals surface area contributed by atoms with Crippen LogP contribution in [0.15, 0.2) is 23.8 Å². The third-order valence-corrected chi connectivity index (χ3v) is 11.5. The van der Waals surface area contributed by atoms with Crippen molar-refractivity contribution in [2.24, 2.45) is 40.4 Å². The van der Waals surface area contributed by atoms with Gasteiger partial charge in [-0.25, -0.2) is 0 Å². The molecule has 3 unspecified atom stereocenters. The van der Waals surface area contributed by atoms with E-state index < -0.39 is 35.5 Å². The van der Waals surface area contributed by atoms with E-state index in [9.17, 15) is 19.5 Å². The van der Waals surface area contributed by atoms with Gasteiger partial charge in [-0.05, 0) is 62.5 Å². The summed E-state index contributed by atoms with van der Waals surface area (Å²) in [6, 6.07) is 0. The fourth-order valence-corrected chi connectivity index (χ4v) is 9.62. The minimum atomic E-state index is -1.25. The van der Waals surface area contributed by atoms with Crippen LogP contribution in [-0.2, 0) is 28.6 Å². The molecule has 9 atom stereocenters. The molecule has 0 amide bonds. The Balaban J connectivity index is 0.00000194. The molecule has 41 heavy (non-hydrogen) atoms. The molecule has 4 saturated carbocycles. The highest BCUT2D eigenvalue weighted by Crippen LogP contribution is 2.70. The SMILES string of the molecule is C.C.CC(C)C(=O)OCC(=O)[C@@]12O[C@H](C3CCCCC3)O[C@@H]1CC1C3CCC4=CC(=O)C=C[C@]4(C)C3[C@@H](O)C[C@@]12C. The second-order valence-corrected chi connectivity index (χ2v) is 13.9. The van der Waals surface area contributed by atoms with Crippen molar-refractivity contribution < 1.29 is 33.7 Å². The maximum Gasteiger partial charge on any atom is 0.308 e. The molecule has 0 radical (unpaired) electrons. The van der Waals surface area contributed by atoms with Gasteiger partial charge in [0.05, 0.1) is 18.1 Å². The van der Waals surface area contributed by atoms with Crippen molar-refractivity contribution in [3.63, 3.8) is 0 Å². The van der Waals surface area contributed by atoms with Gasteiger partial charge in [0.25, 0.3) is 0 Å². The molecule has 0 bridgehead atoms. The number of aliphatic hydroxyl groups is 1. The normalized spacial score (nSPS) is 43.1. The van der Waals surface area contributed by atoms with E-state index in [0.717, 1.165) is 44.1 Å². The Bertz CT molecular complexity index is 1100. The topological polar surface area (TPSA) is 99.1 Å². The van der Waals surface area contributed by atoms with Gasteiger partial charge in [0.1, 0.15) is 0 Å². The summed E-state index contributed by atoms with van der Waals surface area (Å²) in [5.74, 6) is -0.471. The van der Waals surface area contributed by atoms with E-state index in [4.69, 9.17) is 14.2 Å². The average molecular weight is 573 g/mol. The second kappa shape index (κ2) is 11.3. The summed E-state index contributed by atoms with van der Waals surface area (Å²) in [5.41, 5.74) is -1.19. The standard InChI is InChI=1S/C32H44O7.2CH4/c1-18(2)28(36)37-17-25(35)32-26(38-29(39-32)19-8-6-5-7-9-19)15-23-22-11-10-20-14-21(33)12-13-30(20,3)27(22)24(34)16-31(23,32)4;;/h12-14,18-19,22-24,26-27,29,34H,5-11,15-17H2,1-4H3;2*1H4/t22?,23?,24-,26+,27?,29+,30-,31-,32+;;/m0../s1. The molecule has 1 aliphatic heterocycles. The van der Waals surface area contributed by atoms with Crippen LogP contribution in [0, 0.1) is 40.4 Å². The Hall–Kier alpha value is -1.83. The molecular formula is C34H52O7. The van der Waals surface area contributed by atoms with E-state index in [1.807, 2.05) is 6.08 Å². The maximum atomic E-state index is 14.2. The van der Waals surface area contributed by atoms with E-state index in [2.05, 4.69) is 13.8 Å². The molecule has 230 valence electrons. The molecule has 0 aromatic rings. The summed E-state index contributed by atoms with van der Waals surface area (Å²) in [6.07, 6.45) is 12.2. The molecule has 0 aromatic heterocycles. The molecule has 1 heterocycles. The van der Waals surface area contributed by atoms with Crippen LogP contribution >= 0.6 is 0 Å². The van der Waals surface area contributed by atoms with Gasteiger partial charge in [0, 0.05) is 22.7 Å². The lowest BCUT2D eigenvalue weighted by Gasteiger charge is -2.59.